The average Bonchev–Trinajstić information content (AvgIpc) is 2.20. The fourth-order valence-electron chi connectivity index (χ4n) is 1.94. The maximum Gasteiger partial charge on any atom is 0.220 e. The largest absolute Gasteiger partial charge is 0.356 e. The number of hydrogen-bond acceptors (Lipinski definition) is 3. The van der Waals surface area contributed by atoms with Crippen LogP contribution in [0.4, 0.5) is 0 Å². The lowest BCUT2D eigenvalue weighted by Crippen LogP contribution is -2.39. The van der Waals surface area contributed by atoms with E-state index in [1.807, 2.05) is 0 Å². The van der Waals surface area contributed by atoms with Crippen LogP contribution in [0.15, 0.2) is 0 Å². The summed E-state index contributed by atoms with van der Waals surface area (Å²) in [6.07, 6.45) is 3.62. The van der Waals surface area contributed by atoms with Crippen LogP contribution in [-0.2, 0) is 4.79 Å². The van der Waals surface area contributed by atoms with E-state index >= 15 is 0 Å². The molecule has 0 aromatic carbocycles. The molecule has 0 bridgehead atoms. The molecule has 0 unspecified atom stereocenters. The number of nitrogens with one attached hydrogen (secondary N) is 1. The standard InChI is InChI=1S/C13H29N3O/c1-13(2,11-16(3)4)10-15-12(17)8-6-5-7-9-14/h5-11,14H2,1-4H3,(H,15,17). The predicted octanol–water partition coefficient (Wildman–Crippen LogP) is 1.21. The number of amides is 1. The van der Waals surface area contributed by atoms with E-state index in [2.05, 4.69) is 38.2 Å². The summed E-state index contributed by atoms with van der Waals surface area (Å²) >= 11 is 0. The van der Waals surface area contributed by atoms with Crippen molar-refractivity contribution in [3.05, 3.63) is 0 Å². The number of unbranched alkanes of at least 4 members (excludes halogenated alkanes) is 2. The fourth-order valence-corrected chi connectivity index (χ4v) is 1.94. The van der Waals surface area contributed by atoms with Gasteiger partial charge in [-0.25, -0.2) is 0 Å². The number of nitrogens with two attached hydrogens (primary N) is 1. The number of rotatable bonds is 9. The Morgan fingerprint density at radius 1 is 1.24 bits per heavy atom. The first-order valence-corrected chi connectivity index (χ1v) is 6.49. The number of hydrogen-bond donors (Lipinski definition) is 2. The topological polar surface area (TPSA) is 58.4 Å². The summed E-state index contributed by atoms with van der Waals surface area (Å²) < 4.78 is 0. The summed E-state index contributed by atoms with van der Waals surface area (Å²) in [5.41, 5.74) is 5.52. The van der Waals surface area contributed by atoms with Crippen molar-refractivity contribution in [3.63, 3.8) is 0 Å². The molecule has 0 aromatic heterocycles. The number of carbonyl (C=O) groups is 1. The molecule has 0 heterocycles. The van der Waals surface area contributed by atoms with Gasteiger partial charge in [-0.05, 0) is 38.9 Å². The van der Waals surface area contributed by atoms with Gasteiger partial charge >= 0.3 is 0 Å². The van der Waals surface area contributed by atoms with Gasteiger partial charge in [-0.3, -0.25) is 4.79 Å². The zero-order valence-corrected chi connectivity index (χ0v) is 11.9. The van der Waals surface area contributed by atoms with E-state index in [0.717, 1.165) is 38.9 Å². The Bertz CT molecular complexity index is 215. The molecule has 0 rings (SSSR count). The molecule has 102 valence electrons. The van der Waals surface area contributed by atoms with E-state index in [9.17, 15) is 4.79 Å². The van der Waals surface area contributed by atoms with Gasteiger partial charge < -0.3 is 16.0 Å². The van der Waals surface area contributed by atoms with Gasteiger partial charge in [0.15, 0.2) is 0 Å². The SMILES string of the molecule is CN(C)CC(C)(C)CNC(=O)CCCCCN. The van der Waals surface area contributed by atoms with E-state index in [-0.39, 0.29) is 11.3 Å². The zero-order valence-electron chi connectivity index (χ0n) is 11.9. The molecular weight excluding hydrogens is 214 g/mol. The monoisotopic (exact) mass is 243 g/mol. The summed E-state index contributed by atoms with van der Waals surface area (Å²) in [4.78, 5) is 13.7. The first-order valence-electron chi connectivity index (χ1n) is 6.49. The van der Waals surface area contributed by atoms with Crippen LogP contribution in [-0.4, -0.2) is 44.5 Å². The van der Waals surface area contributed by atoms with E-state index in [1.165, 1.54) is 0 Å². The predicted molar refractivity (Wildman–Crippen MR) is 72.9 cm³/mol. The van der Waals surface area contributed by atoms with Crippen LogP contribution in [0.3, 0.4) is 0 Å². The minimum Gasteiger partial charge on any atom is -0.356 e. The summed E-state index contributed by atoms with van der Waals surface area (Å²) in [6.45, 7) is 6.77. The van der Waals surface area contributed by atoms with Crippen LogP contribution in [0.5, 0.6) is 0 Å². The van der Waals surface area contributed by atoms with E-state index in [4.69, 9.17) is 5.73 Å². The molecular formula is C13H29N3O. The molecule has 0 aliphatic heterocycles. The molecule has 0 saturated carbocycles. The Labute approximate surface area is 106 Å². The van der Waals surface area contributed by atoms with Gasteiger partial charge in [-0.2, -0.15) is 0 Å². The molecule has 4 heteroatoms. The molecule has 0 saturated heterocycles. The highest BCUT2D eigenvalue weighted by atomic mass is 16.1. The van der Waals surface area contributed by atoms with Crippen LogP contribution < -0.4 is 11.1 Å². The second-order valence-corrected chi connectivity index (χ2v) is 5.78. The minimum atomic E-state index is 0.121. The third-order valence-electron chi connectivity index (χ3n) is 2.62. The van der Waals surface area contributed by atoms with Gasteiger partial charge in [0.2, 0.25) is 5.91 Å². The first-order chi connectivity index (χ1) is 7.87. The molecule has 1 amide bonds. The summed E-state index contributed by atoms with van der Waals surface area (Å²) in [7, 11) is 4.10. The van der Waals surface area contributed by atoms with Crippen molar-refractivity contribution in [3.8, 4) is 0 Å². The van der Waals surface area contributed by atoms with Crippen molar-refractivity contribution in [2.24, 2.45) is 11.1 Å². The van der Waals surface area contributed by atoms with Crippen LogP contribution in [0.1, 0.15) is 39.5 Å². The lowest BCUT2D eigenvalue weighted by atomic mass is 9.93. The Balaban J connectivity index is 3.68. The van der Waals surface area contributed by atoms with Crippen LogP contribution >= 0.6 is 0 Å². The lowest BCUT2D eigenvalue weighted by molar-refractivity contribution is -0.121. The van der Waals surface area contributed by atoms with E-state index < -0.39 is 0 Å². The maximum absolute atomic E-state index is 11.6. The Morgan fingerprint density at radius 3 is 2.41 bits per heavy atom. The molecule has 0 aliphatic carbocycles. The second-order valence-electron chi connectivity index (χ2n) is 5.78. The van der Waals surface area contributed by atoms with Crippen molar-refractivity contribution >= 4 is 5.91 Å². The highest BCUT2D eigenvalue weighted by Gasteiger charge is 2.19. The lowest BCUT2D eigenvalue weighted by Gasteiger charge is -2.28. The van der Waals surface area contributed by atoms with Gasteiger partial charge in [-0.1, -0.05) is 20.3 Å². The van der Waals surface area contributed by atoms with Crippen molar-refractivity contribution in [2.45, 2.75) is 39.5 Å². The molecule has 17 heavy (non-hydrogen) atoms. The number of carbonyl (C=O) groups excluding carboxylic acids is 1. The Morgan fingerprint density at radius 2 is 1.88 bits per heavy atom. The Hall–Kier alpha value is -0.610. The van der Waals surface area contributed by atoms with Crippen LogP contribution in [0, 0.1) is 5.41 Å². The highest BCUT2D eigenvalue weighted by Crippen LogP contribution is 2.14. The van der Waals surface area contributed by atoms with Gasteiger partial charge in [0.05, 0.1) is 0 Å². The van der Waals surface area contributed by atoms with Crippen molar-refractivity contribution in [1.82, 2.24) is 10.2 Å². The van der Waals surface area contributed by atoms with Crippen LogP contribution in [0.2, 0.25) is 0 Å². The van der Waals surface area contributed by atoms with Gasteiger partial charge in [0.1, 0.15) is 0 Å². The molecule has 0 spiro atoms. The smallest absolute Gasteiger partial charge is 0.220 e. The van der Waals surface area contributed by atoms with Gasteiger partial charge in [0.25, 0.3) is 0 Å². The fraction of sp³-hybridized carbons (Fsp3) is 0.923. The molecule has 3 N–H and O–H groups in total. The van der Waals surface area contributed by atoms with E-state index in [1.54, 1.807) is 0 Å². The van der Waals surface area contributed by atoms with Crippen LogP contribution in [0.25, 0.3) is 0 Å². The molecule has 0 fully saturated rings. The Kier molecular flexibility index (Phi) is 8.17. The van der Waals surface area contributed by atoms with E-state index in [0.29, 0.717) is 6.42 Å². The number of nitrogens with zero attached hydrogens (tertiary/aromatic N) is 1. The van der Waals surface area contributed by atoms with Crippen molar-refractivity contribution < 1.29 is 4.79 Å². The summed E-state index contributed by atoms with van der Waals surface area (Å²) in [6, 6.07) is 0. The average molecular weight is 243 g/mol. The maximum atomic E-state index is 11.6. The summed E-state index contributed by atoms with van der Waals surface area (Å²) in [5.74, 6) is 0.161. The van der Waals surface area contributed by atoms with Gasteiger partial charge in [-0.15, -0.1) is 0 Å². The molecule has 4 nitrogen and oxygen atoms in total. The quantitative estimate of drug-likeness (QED) is 0.598. The normalized spacial score (nSPS) is 11.9. The summed E-state index contributed by atoms with van der Waals surface area (Å²) in [5, 5.41) is 3.01. The zero-order chi connectivity index (χ0) is 13.3. The highest BCUT2D eigenvalue weighted by molar-refractivity contribution is 5.75. The van der Waals surface area contributed by atoms with Gasteiger partial charge in [0, 0.05) is 19.5 Å². The second kappa shape index (κ2) is 8.48. The minimum absolute atomic E-state index is 0.121. The first kappa shape index (κ1) is 16.4. The third-order valence-corrected chi connectivity index (χ3v) is 2.62. The molecule has 0 atom stereocenters. The molecule has 0 aromatic rings. The molecule has 0 aliphatic rings. The third kappa shape index (κ3) is 10.3. The van der Waals surface area contributed by atoms with Crippen molar-refractivity contribution in [1.29, 1.82) is 0 Å². The molecule has 0 radical (unpaired) electrons. The van der Waals surface area contributed by atoms with Crippen molar-refractivity contribution in [2.75, 3.05) is 33.7 Å².